The molecule has 2 heterocycles. The van der Waals surface area contributed by atoms with Crippen molar-refractivity contribution in [3.63, 3.8) is 0 Å². The average molecular weight is 188 g/mol. The summed E-state index contributed by atoms with van der Waals surface area (Å²) in [5.41, 5.74) is 2.08. The first kappa shape index (κ1) is 7.31. The van der Waals surface area contributed by atoms with Gasteiger partial charge in [-0.3, -0.25) is 14.9 Å². The van der Waals surface area contributed by atoms with Gasteiger partial charge in [0.25, 0.3) is 11.8 Å². The SMILES string of the molecule is O=C1NC(=O)C2=C1C=C1N=NN=C1C2. The van der Waals surface area contributed by atoms with Crippen LogP contribution in [0.25, 0.3) is 0 Å². The Morgan fingerprint density at radius 1 is 1.29 bits per heavy atom. The summed E-state index contributed by atoms with van der Waals surface area (Å²) in [5.74, 6) is -0.700. The van der Waals surface area contributed by atoms with Crippen molar-refractivity contribution in [3.8, 4) is 0 Å². The third-order valence-electron chi connectivity index (χ3n) is 2.31. The molecule has 14 heavy (non-hydrogen) atoms. The van der Waals surface area contributed by atoms with Gasteiger partial charge in [-0.05, 0) is 11.3 Å². The highest BCUT2D eigenvalue weighted by Crippen LogP contribution is 2.29. The first-order chi connectivity index (χ1) is 6.75. The Bertz CT molecular complexity index is 495. The minimum Gasteiger partial charge on any atom is -0.288 e. The zero-order valence-electron chi connectivity index (χ0n) is 6.94. The van der Waals surface area contributed by atoms with Gasteiger partial charge in [0.2, 0.25) is 0 Å². The lowest BCUT2D eigenvalue weighted by Crippen LogP contribution is -2.22. The maximum atomic E-state index is 11.3. The molecule has 2 aliphatic heterocycles. The van der Waals surface area contributed by atoms with Gasteiger partial charge in [0.15, 0.2) is 0 Å². The molecule has 0 radical (unpaired) electrons. The molecule has 2 amide bonds. The van der Waals surface area contributed by atoms with Crippen molar-refractivity contribution in [3.05, 3.63) is 22.9 Å². The number of nitrogens with one attached hydrogen (secondary N) is 1. The van der Waals surface area contributed by atoms with Crippen molar-refractivity contribution in [1.29, 1.82) is 0 Å². The minimum absolute atomic E-state index is 0.338. The van der Waals surface area contributed by atoms with E-state index in [0.717, 1.165) is 0 Å². The number of nitrogens with zero attached hydrogens (tertiary/aromatic N) is 3. The largest absolute Gasteiger partial charge is 0.288 e. The molecule has 3 aliphatic rings. The van der Waals surface area contributed by atoms with Gasteiger partial charge in [0.05, 0.1) is 11.3 Å². The molecule has 0 aromatic rings. The van der Waals surface area contributed by atoms with Gasteiger partial charge < -0.3 is 0 Å². The first-order valence-electron chi connectivity index (χ1n) is 4.04. The highest BCUT2D eigenvalue weighted by molar-refractivity contribution is 6.25. The molecule has 0 bridgehead atoms. The van der Waals surface area contributed by atoms with E-state index >= 15 is 0 Å². The maximum absolute atomic E-state index is 11.3. The number of amides is 2. The molecule has 0 spiro atoms. The Balaban J connectivity index is 2.17. The van der Waals surface area contributed by atoms with Gasteiger partial charge in [0, 0.05) is 12.0 Å². The maximum Gasteiger partial charge on any atom is 0.258 e. The van der Waals surface area contributed by atoms with E-state index in [9.17, 15) is 9.59 Å². The lowest BCUT2D eigenvalue weighted by atomic mass is 9.96. The van der Waals surface area contributed by atoms with E-state index in [2.05, 4.69) is 20.8 Å². The summed E-state index contributed by atoms with van der Waals surface area (Å²) in [7, 11) is 0. The normalized spacial score (nSPS) is 23.1. The Hall–Kier alpha value is -2.11. The van der Waals surface area contributed by atoms with Crippen molar-refractivity contribution in [2.75, 3.05) is 0 Å². The number of carbonyl (C=O) groups excluding carboxylic acids is 2. The summed E-state index contributed by atoms with van der Waals surface area (Å²) in [6.45, 7) is 0. The second-order valence-electron chi connectivity index (χ2n) is 3.12. The van der Waals surface area contributed by atoms with Gasteiger partial charge in [-0.15, -0.1) is 10.2 Å². The van der Waals surface area contributed by atoms with Crippen LogP contribution in [0.4, 0.5) is 0 Å². The summed E-state index contributed by atoms with van der Waals surface area (Å²) < 4.78 is 0. The van der Waals surface area contributed by atoms with Crippen molar-refractivity contribution in [2.24, 2.45) is 15.4 Å². The number of carbonyl (C=O) groups is 2. The number of hydrogen-bond donors (Lipinski definition) is 1. The number of fused-ring (bicyclic) bond motifs is 1. The fourth-order valence-electron chi connectivity index (χ4n) is 1.61. The van der Waals surface area contributed by atoms with Gasteiger partial charge in [-0.25, -0.2) is 0 Å². The molecule has 0 saturated carbocycles. The quantitative estimate of drug-likeness (QED) is 0.544. The fraction of sp³-hybridized carbons (Fsp3) is 0.125. The summed E-state index contributed by atoms with van der Waals surface area (Å²) in [5, 5.41) is 13.2. The monoisotopic (exact) mass is 188 g/mol. The smallest absolute Gasteiger partial charge is 0.258 e. The van der Waals surface area contributed by atoms with Crippen LogP contribution in [0, 0.1) is 0 Å². The van der Waals surface area contributed by atoms with Gasteiger partial charge in [-0.2, -0.15) is 0 Å². The Morgan fingerprint density at radius 3 is 3.00 bits per heavy atom. The molecule has 3 rings (SSSR count). The van der Waals surface area contributed by atoms with Crippen molar-refractivity contribution in [2.45, 2.75) is 6.42 Å². The van der Waals surface area contributed by atoms with Gasteiger partial charge in [-0.1, -0.05) is 0 Å². The van der Waals surface area contributed by atoms with E-state index in [-0.39, 0.29) is 11.8 Å². The van der Waals surface area contributed by atoms with E-state index in [0.29, 0.717) is 29.0 Å². The summed E-state index contributed by atoms with van der Waals surface area (Å²) in [6, 6.07) is 0. The molecule has 1 N–H and O–H groups in total. The highest BCUT2D eigenvalue weighted by atomic mass is 16.2. The average Bonchev–Trinajstić information content (AvgIpc) is 2.70. The second-order valence-corrected chi connectivity index (χ2v) is 3.12. The van der Waals surface area contributed by atoms with E-state index in [1.54, 1.807) is 6.08 Å². The molecule has 0 atom stereocenters. The zero-order valence-corrected chi connectivity index (χ0v) is 6.94. The van der Waals surface area contributed by atoms with Crippen LogP contribution >= 0.6 is 0 Å². The molecule has 1 aliphatic carbocycles. The minimum atomic E-state index is -0.362. The standard InChI is InChI=1S/C8H4N4O2/c13-7-3-1-5-6(11-12-10-5)2-4(3)8(14)9-7/h1H,2H2,(H,9,13,14). The summed E-state index contributed by atoms with van der Waals surface area (Å²) >= 11 is 0. The number of allylic oxidation sites excluding steroid dienone is 1. The first-order valence-corrected chi connectivity index (χ1v) is 4.04. The number of hydrogen-bond acceptors (Lipinski definition) is 5. The van der Waals surface area contributed by atoms with Crippen LogP contribution in [0.5, 0.6) is 0 Å². The van der Waals surface area contributed by atoms with Gasteiger partial charge in [0.1, 0.15) is 5.70 Å². The molecule has 0 aromatic heterocycles. The van der Waals surface area contributed by atoms with E-state index < -0.39 is 0 Å². The summed E-state index contributed by atoms with van der Waals surface area (Å²) in [6.07, 6.45) is 1.89. The topological polar surface area (TPSA) is 83.2 Å². The van der Waals surface area contributed by atoms with E-state index in [1.807, 2.05) is 0 Å². The van der Waals surface area contributed by atoms with Gasteiger partial charge >= 0.3 is 0 Å². The van der Waals surface area contributed by atoms with E-state index in [1.165, 1.54) is 0 Å². The van der Waals surface area contributed by atoms with Crippen LogP contribution < -0.4 is 5.32 Å². The molecule has 0 fully saturated rings. The van der Waals surface area contributed by atoms with Crippen molar-refractivity contribution >= 4 is 17.5 Å². The molecular formula is C8H4N4O2. The van der Waals surface area contributed by atoms with Crippen LogP contribution in [0.2, 0.25) is 0 Å². The van der Waals surface area contributed by atoms with Crippen LogP contribution in [-0.4, -0.2) is 17.5 Å². The predicted molar refractivity (Wildman–Crippen MR) is 45.2 cm³/mol. The Kier molecular flexibility index (Phi) is 1.16. The Labute approximate surface area is 78.1 Å². The van der Waals surface area contributed by atoms with Crippen molar-refractivity contribution in [1.82, 2.24) is 5.32 Å². The van der Waals surface area contributed by atoms with Crippen LogP contribution in [-0.2, 0) is 9.59 Å². The molecule has 6 nitrogen and oxygen atoms in total. The third kappa shape index (κ3) is 0.769. The van der Waals surface area contributed by atoms with Crippen LogP contribution in [0.15, 0.2) is 38.4 Å². The van der Waals surface area contributed by atoms with Crippen LogP contribution in [0.1, 0.15) is 6.42 Å². The zero-order chi connectivity index (χ0) is 9.71. The van der Waals surface area contributed by atoms with E-state index in [4.69, 9.17) is 0 Å². The van der Waals surface area contributed by atoms with Crippen molar-refractivity contribution < 1.29 is 9.59 Å². The lowest BCUT2D eigenvalue weighted by molar-refractivity contribution is -0.124. The number of rotatable bonds is 0. The molecular weight excluding hydrogens is 184 g/mol. The second kappa shape index (κ2) is 2.22. The molecule has 0 saturated heterocycles. The highest BCUT2D eigenvalue weighted by Gasteiger charge is 2.34. The molecule has 0 aromatic carbocycles. The number of imide groups is 1. The third-order valence-corrected chi connectivity index (χ3v) is 2.31. The molecule has 0 unspecified atom stereocenters. The molecule has 6 heteroatoms. The molecule has 68 valence electrons. The fourth-order valence-corrected chi connectivity index (χ4v) is 1.61. The Morgan fingerprint density at radius 2 is 2.14 bits per heavy atom. The summed E-state index contributed by atoms with van der Waals surface area (Å²) in [4.78, 5) is 22.5. The lowest BCUT2D eigenvalue weighted by Gasteiger charge is -2.06. The van der Waals surface area contributed by atoms with Crippen LogP contribution in [0.3, 0.4) is 0 Å². The predicted octanol–water partition coefficient (Wildman–Crippen LogP) is 0.0488.